The Balaban J connectivity index is 1.68. The summed E-state index contributed by atoms with van der Waals surface area (Å²) in [5.41, 5.74) is 2.43. The first kappa shape index (κ1) is 18.3. The summed E-state index contributed by atoms with van der Waals surface area (Å²) in [6.07, 6.45) is 0.529. The first-order chi connectivity index (χ1) is 13.0. The van der Waals surface area contributed by atoms with Gasteiger partial charge in [-0.25, -0.2) is 4.39 Å². The van der Waals surface area contributed by atoms with Gasteiger partial charge in [0, 0.05) is 24.1 Å². The van der Waals surface area contributed by atoms with Crippen LogP contribution in [0.25, 0.3) is 11.3 Å². The molecule has 2 heterocycles. The summed E-state index contributed by atoms with van der Waals surface area (Å²) < 4.78 is 18.7. The lowest BCUT2D eigenvalue weighted by Crippen LogP contribution is -2.36. The predicted octanol–water partition coefficient (Wildman–Crippen LogP) is 5.64. The zero-order chi connectivity index (χ0) is 19.1. The van der Waals surface area contributed by atoms with E-state index in [9.17, 15) is 9.18 Å². The van der Waals surface area contributed by atoms with Gasteiger partial charge in [-0.15, -0.1) is 0 Å². The van der Waals surface area contributed by atoms with E-state index in [1.807, 2.05) is 0 Å². The van der Waals surface area contributed by atoms with E-state index in [-0.39, 0.29) is 38.9 Å². The van der Waals surface area contributed by atoms with Crippen LogP contribution in [-0.4, -0.2) is 22.5 Å². The van der Waals surface area contributed by atoms with Crippen LogP contribution >= 0.6 is 34.8 Å². The minimum atomic E-state index is -0.339. The molecule has 0 radical (unpaired) electrons. The number of halogens is 4. The van der Waals surface area contributed by atoms with Crippen LogP contribution in [0, 0.1) is 5.82 Å². The van der Waals surface area contributed by atoms with Gasteiger partial charge < -0.3 is 9.42 Å². The summed E-state index contributed by atoms with van der Waals surface area (Å²) in [6.45, 7) is 0.726. The molecule has 0 bridgehead atoms. The number of fused-ring (bicyclic) bond motifs is 1. The van der Waals surface area contributed by atoms with E-state index in [4.69, 9.17) is 39.3 Å². The number of carbonyl (C=O) groups is 1. The Morgan fingerprint density at radius 2 is 1.78 bits per heavy atom. The maximum Gasteiger partial charge on any atom is 0.257 e. The molecule has 0 aliphatic carbocycles. The van der Waals surface area contributed by atoms with Crippen molar-refractivity contribution in [2.75, 3.05) is 6.54 Å². The molecule has 1 aromatic heterocycles. The van der Waals surface area contributed by atoms with Gasteiger partial charge >= 0.3 is 0 Å². The lowest BCUT2D eigenvalue weighted by Gasteiger charge is -2.27. The normalized spacial score (nSPS) is 13.6. The fourth-order valence-corrected chi connectivity index (χ4v) is 3.78. The summed E-state index contributed by atoms with van der Waals surface area (Å²) in [5.74, 6) is -0.135. The van der Waals surface area contributed by atoms with Crippen LogP contribution in [0.5, 0.6) is 0 Å². The lowest BCUT2D eigenvalue weighted by molar-refractivity contribution is 0.0735. The van der Waals surface area contributed by atoms with E-state index in [0.717, 1.165) is 11.3 Å². The van der Waals surface area contributed by atoms with E-state index < -0.39 is 0 Å². The number of hydrogen-bond acceptors (Lipinski definition) is 3. The average molecular weight is 426 g/mol. The van der Waals surface area contributed by atoms with E-state index in [2.05, 4.69) is 5.16 Å². The van der Waals surface area contributed by atoms with Crippen molar-refractivity contribution in [1.29, 1.82) is 0 Å². The molecular formula is C19H12Cl3FN2O2. The molecule has 4 nitrogen and oxygen atoms in total. The number of carbonyl (C=O) groups excluding carboxylic acids is 1. The topological polar surface area (TPSA) is 46.3 Å². The molecule has 0 unspecified atom stereocenters. The number of rotatable bonds is 2. The Kier molecular flexibility index (Phi) is 4.84. The molecule has 8 heteroatoms. The largest absolute Gasteiger partial charge is 0.356 e. The first-order valence-corrected chi connectivity index (χ1v) is 9.25. The Morgan fingerprint density at radius 3 is 2.52 bits per heavy atom. The molecule has 0 fully saturated rings. The molecule has 1 amide bonds. The van der Waals surface area contributed by atoms with Gasteiger partial charge in [-0.1, -0.05) is 40.0 Å². The van der Waals surface area contributed by atoms with Crippen LogP contribution in [0.15, 0.2) is 40.9 Å². The molecular weight excluding hydrogens is 414 g/mol. The summed E-state index contributed by atoms with van der Waals surface area (Å²) in [4.78, 5) is 14.6. The fraction of sp³-hybridized carbons (Fsp3) is 0.158. The van der Waals surface area contributed by atoms with Crippen molar-refractivity contribution in [3.63, 3.8) is 0 Å². The van der Waals surface area contributed by atoms with Crippen molar-refractivity contribution in [1.82, 2.24) is 10.1 Å². The van der Waals surface area contributed by atoms with Gasteiger partial charge in [-0.3, -0.25) is 4.79 Å². The Morgan fingerprint density at radius 1 is 1.07 bits per heavy atom. The molecule has 0 atom stereocenters. The molecule has 3 aromatic rings. The Labute approximate surface area is 169 Å². The summed E-state index contributed by atoms with van der Waals surface area (Å²) in [6, 6.07) is 9.01. The number of nitrogens with zero attached hydrogens (tertiary/aromatic N) is 2. The summed E-state index contributed by atoms with van der Waals surface area (Å²) in [5, 5.41) is 4.72. The van der Waals surface area contributed by atoms with Gasteiger partial charge in [0.05, 0.1) is 32.9 Å². The second-order valence-corrected chi connectivity index (χ2v) is 7.33. The van der Waals surface area contributed by atoms with Gasteiger partial charge in [0.25, 0.3) is 5.91 Å². The van der Waals surface area contributed by atoms with E-state index in [1.54, 1.807) is 29.2 Å². The number of aromatic nitrogens is 1. The van der Waals surface area contributed by atoms with Gasteiger partial charge in [0.15, 0.2) is 5.76 Å². The zero-order valence-corrected chi connectivity index (χ0v) is 16.1. The van der Waals surface area contributed by atoms with Crippen LogP contribution in [0.1, 0.15) is 21.6 Å². The van der Waals surface area contributed by atoms with Crippen LogP contribution in [0.2, 0.25) is 15.1 Å². The van der Waals surface area contributed by atoms with Crippen LogP contribution in [0.3, 0.4) is 0 Å². The molecule has 1 aliphatic heterocycles. The smallest absolute Gasteiger partial charge is 0.257 e. The third kappa shape index (κ3) is 3.31. The van der Waals surface area contributed by atoms with Crippen LogP contribution in [-0.2, 0) is 13.0 Å². The molecule has 4 rings (SSSR count). The van der Waals surface area contributed by atoms with Crippen molar-refractivity contribution >= 4 is 40.7 Å². The van der Waals surface area contributed by atoms with Crippen LogP contribution < -0.4 is 0 Å². The summed E-state index contributed by atoms with van der Waals surface area (Å²) >= 11 is 18.4. The average Bonchev–Trinajstić information content (AvgIpc) is 3.09. The Bertz CT molecular complexity index is 1030. The third-order valence-corrected chi connectivity index (χ3v) is 5.61. The van der Waals surface area contributed by atoms with Crippen molar-refractivity contribution < 1.29 is 13.7 Å². The molecule has 0 saturated heterocycles. The van der Waals surface area contributed by atoms with Gasteiger partial charge in [0.1, 0.15) is 5.82 Å². The highest BCUT2D eigenvalue weighted by Gasteiger charge is 2.30. The van der Waals surface area contributed by atoms with Crippen molar-refractivity contribution in [3.05, 3.63) is 74.1 Å². The molecule has 27 heavy (non-hydrogen) atoms. The predicted molar refractivity (Wildman–Crippen MR) is 102 cm³/mol. The van der Waals surface area contributed by atoms with E-state index >= 15 is 0 Å². The monoisotopic (exact) mass is 424 g/mol. The van der Waals surface area contributed by atoms with E-state index in [1.165, 1.54) is 12.1 Å². The molecule has 138 valence electrons. The Hall–Kier alpha value is -2.08. The van der Waals surface area contributed by atoms with Crippen molar-refractivity contribution in [2.24, 2.45) is 0 Å². The zero-order valence-electron chi connectivity index (χ0n) is 13.8. The highest BCUT2D eigenvalue weighted by Crippen LogP contribution is 2.35. The van der Waals surface area contributed by atoms with Crippen LogP contribution in [0.4, 0.5) is 4.39 Å². The first-order valence-electron chi connectivity index (χ1n) is 8.12. The standard InChI is InChI=1S/C19H12Cl3FN2O2/c20-13-5-6-14(21)17(22)16(13)19(26)25-8-7-15-12(9-25)18(27-24-15)10-1-3-11(23)4-2-10/h1-6H,7-9H2. The third-order valence-electron chi connectivity index (χ3n) is 4.49. The highest BCUT2D eigenvalue weighted by atomic mass is 35.5. The quantitative estimate of drug-likeness (QED) is 0.499. The molecule has 2 aromatic carbocycles. The highest BCUT2D eigenvalue weighted by molar-refractivity contribution is 6.46. The summed E-state index contributed by atoms with van der Waals surface area (Å²) in [7, 11) is 0. The van der Waals surface area contributed by atoms with Gasteiger partial charge in [-0.05, 0) is 36.4 Å². The second kappa shape index (κ2) is 7.15. The van der Waals surface area contributed by atoms with Gasteiger partial charge in [0.2, 0.25) is 0 Å². The molecule has 1 aliphatic rings. The molecule has 0 saturated carbocycles. The SMILES string of the molecule is O=C(c1c(Cl)ccc(Cl)c1Cl)N1CCc2noc(-c3ccc(F)cc3)c2C1. The minimum Gasteiger partial charge on any atom is -0.356 e. The number of benzene rings is 2. The number of amides is 1. The van der Waals surface area contributed by atoms with Gasteiger partial charge in [-0.2, -0.15) is 0 Å². The van der Waals surface area contributed by atoms with Crippen molar-refractivity contribution in [3.8, 4) is 11.3 Å². The lowest BCUT2D eigenvalue weighted by atomic mass is 10.0. The maximum atomic E-state index is 13.2. The molecule has 0 spiro atoms. The second-order valence-electron chi connectivity index (χ2n) is 6.14. The fourth-order valence-electron chi connectivity index (χ4n) is 3.10. The van der Waals surface area contributed by atoms with Crippen molar-refractivity contribution in [2.45, 2.75) is 13.0 Å². The minimum absolute atomic E-state index is 0.129. The number of hydrogen-bond donors (Lipinski definition) is 0. The maximum absolute atomic E-state index is 13.2. The van der Waals surface area contributed by atoms with E-state index in [0.29, 0.717) is 24.3 Å². The molecule has 0 N–H and O–H groups in total.